The van der Waals surface area contributed by atoms with Crippen molar-refractivity contribution in [3.63, 3.8) is 0 Å². The summed E-state index contributed by atoms with van der Waals surface area (Å²) in [6.45, 7) is 4.92. The van der Waals surface area contributed by atoms with Crippen molar-refractivity contribution >= 4 is 21.6 Å². The molecule has 1 aliphatic rings. The number of aromatic nitrogens is 1. The van der Waals surface area contributed by atoms with Crippen LogP contribution in [0.5, 0.6) is 5.88 Å². The molecule has 8 heteroatoms. The fraction of sp³-hybridized carbons (Fsp3) is 0.429. The lowest BCUT2D eigenvalue weighted by atomic mass is 10.2. The summed E-state index contributed by atoms with van der Waals surface area (Å²) < 4.78 is 32.7. The number of pyridine rings is 1. The van der Waals surface area contributed by atoms with Crippen molar-refractivity contribution in [3.8, 4) is 5.88 Å². The van der Waals surface area contributed by atoms with Gasteiger partial charge in [-0.25, -0.2) is 13.4 Å². The van der Waals surface area contributed by atoms with E-state index >= 15 is 0 Å². The van der Waals surface area contributed by atoms with Gasteiger partial charge in [0.15, 0.2) is 0 Å². The molecule has 2 aromatic rings. The first-order chi connectivity index (χ1) is 13.9. The van der Waals surface area contributed by atoms with Gasteiger partial charge in [-0.3, -0.25) is 4.79 Å². The van der Waals surface area contributed by atoms with Gasteiger partial charge >= 0.3 is 0 Å². The molecule has 1 aromatic carbocycles. The second-order valence-corrected chi connectivity index (χ2v) is 9.29. The van der Waals surface area contributed by atoms with Gasteiger partial charge in [0.1, 0.15) is 0 Å². The number of ether oxygens (including phenoxy) is 1. The van der Waals surface area contributed by atoms with E-state index in [1.54, 1.807) is 28.6 Å². The maximum atomic E-state index is 12.8. The van der Waals surface area contributed by atoms with Crippen molar-refractivity contribution in [2.24, 2.45) is 0 Å². The van der Waals surface area contributed by atoms with E-state index in [9.17, 15) is 13.2 Å². The Morgan fingerprint density at radius 2 is 1.69 bits per heavy atom. The Balaban J connectivity index is 1.66. The van der Waals surface area contributed by atoms with E-state index in [2.05, 4.69) is 10.3 Å². The van der Waals surface area contributed by atoms with Gasteiger partial charge in [0.25, 0.3) is 5.91 Å². The smallest absolute Gasteiger partial charge is 0.257 e. The summed E-state index contributed by atoms with van der Waals surface area (Å²) >= 11 is 0. The van der Waals surface area contributed by atoms with Gasteiger partial charge in [0.2, 0.25) is 15.9 Å². The van der Waals surface area contributed by atoms with Crippen LogP contribution in [0.4, 0.5) is 5.69 Å². The Morgan fingerprint density at radius 1 is 1.03 bits per heavy atom. The average molecular weight is 418 g/mol. The molecule has 7 nitrogen and oxygen atoms in total. The molecule has 1 aromatic heterocycles. The van der Waals surface area contributed by atoms with Crippen LogP contribution >= 0.6 is 0 Å². The minimum atomic E-state index is -3.50. The van der Waals surface area contributed by atoms with Gasteiger partial charge in [-0.15, -0.1) is 0 Å². The van der Waals surface area contributed by atoms with Crippen LogP contribution in [0.3, 0.4) is 0 Å². The molecule has 156 valence electrons. The number of rotatable bonds is 6. The molecule has 0 aliphatic carbocycles. The molecule has 1 aliphatic heterocycles. The number of benzene rings is 1. The third-order valence-electron chi connectivity index (χ3n) is 4.67. The second-order valence-electron chi connectivity index (χ2n) is 7.35. The van der Waals surface area contributed by atoms with Crippen molar-refractivity contribution < 1.29 is 17.9 Å². The predicted octanol–water partition coefficient (Wildman–Crippen LogP) is 3.69. The van der Waals surface area contributed by atoms with E-state index < -0.39 is 10.0 Å². The maximum Gasteiger partial charge on any atom is 0.257 e. The number of nitrogens with zero attached hydrogens (tertiary/aromatic N) is 2. The van der Waals surface area contributed by atoms with Crippen LogP contribution in [0, 0.1) is 0 Å². The van der Waals surface area contributed by atoms with Gasteiger partial charge in [-0.1, -0.05) is 12.8 Å². The SMILES string of the molecule is CC(C)Oc1ccc(C(=O)Nc2ccc(S(=O)(=O)N3CCCCCC3)cc2)cn1. The first-order valence-electron chi connectivity index (χ1n) is 9.90. The van der Waals surface area contributed by atoms with Gasteiger partial charge < -0.3 is 10.1 Å². The summed E-state index contributed by atoms with van der Waals surface area (Å²) in [4.78, 5) is 16.8. The van der Waals surface area contributed by atoms with Crippen molar-refractivity contribution in [3.05, 3.63) is 48.2 Å². The van der Waals surface area contributed by atoms with E-state index in [4.69, 9.17) is 4.74 Å². The van der Waals surface area contributed by atoms with E-state index in [1.165, 1.54) is 18.3 Å². The molecule has 0 unspecified atom stereocenters. The van der Waals surface area contributed by atoms with E-state index in [0.29, 0.717) is 30.2 Å². The van der Waals surface area contributed by atoms with E-state index in [1.807, 2.05) is 13.8 Å². The van der Waals surface area contributed by atoms with Crippen molar-refractivity contribution in [1.82, 2.24) is 9.29 Å². The molecular weight excluding hydrogens is 390 g/mol. The molecule has 0 saturated carbocycles. The van der Waals surface area contributed by atoms with Crippen molar-refractivity contribution in [2.45, 2.75) is 50.5 Å². The van der Waals surface area contributed by atoms with Gasteiger partial charge in [-0.05, 0) is 57.0 Å². The quantitative estimate of drug-likeness (QED) is 0.774. The highest BCUT2D eigenvalue weighted by atomic mass is 32.2. The molecule has 1 N–H and O–H groups in total. The highest BCUT2D eigenvalue weighted by Crippen LogP contribution is 2.22. The lowest BCUT2D eigenvalue weighted by Crippen LogP contribution is -2.31. The molecule has 1 fully saturated rings. The largest absolute Gasteiger partial charge is 0.475 e. The van der Waals surface area contributed by atoms with Crippen LogP contribution in [0.15, 0.2) is 47.5 Å². The van der Waals surface area contributed by atoms with Crippen LogP contribution in [-0.4, -0.2) is 42.8 Å². The zero-order valence-corrected chi connectivity index (χ0v) is 17.6. The normalized spacial score (nSPS) is 15.7. The molecular formula is C21H27N3O4S. The topological polar surface area (TPSA) is 88.6 Å². The number of carbonyl (C=O) groups excluding carboxylic acids is 1. The standard InChI is InChI=1S/C21H27N3O4S/c1-16(2)28-20-12-7-17(15-22-20)21(25)23-18-8-10-19(11-9-18)29(26,27)24-13-5-3-4-6-14-24/h7-12,15-16H,3-6,13-14H2,1-2H3,(H,23,25). The number of hydrogen-bond donors (Lipinski definition) is 1. The molecule has 0 spiro atoms. The van der Waals surface area contributed by atoms with E-state index in [-0.39, 0.29) is 16.9 Å². The minimum absolute atomic E-state index is 0.00582. The summed E-state index contributed by atoms with van der Waals surface area (Å²) in [5.41, 5.74) is 0.912. The number of carbonyl (C=O) groups is 1. The van der Waals surface area contributed by atoms with E-state index in [0.717, 1.165) is 25.7 Å². The van der Waals surface area contributed by atoms with Gasteiger partial charge in [-0.2, -0.15) is 4.31 Å². The average Bonchev–Trinajstić information content (AvgIpc) is 2.98. The summed E-state index contributed by atoms with van der Waals surface area (Å²) in [5, 5.41) is 2.76. The van der Waals surface area contributed by atoms with Crippen LogP contribution in [0.1, 0.15) is 49.9 Å². The molecule has 3 rings (SSSR count). The molecule has 1 saturated heterocycles. The monoisotopic (exact) mass is 417 g/mol. The predicted molar refractivity (Wildman–Crippen MR) is 112 cm³/mol. The summed E-state index contributed by atoms with van der Waals surface area (Å²) in [6.07, 6.45) is 5.37. The summed E-state index contributed by atoms with van der Waals surface area (Å²) in [7, 11) is -3.50. The van der Waals surface area contributed by atoms with Crippen LogP contribution in [-0.2, 0) is 10.0 Å². The summed E-state index contributed by atoms with van der Waals surface area (Å²) in [6, 6.07) is 9.56. The van der Waals surface area contributed by atoms with Crippen LogP contribution in [0.2, 0.25) is 0 Å². The zero-order valence-electron chi connectivity index (χ0n) is 16.8. The Bertz CT molecular complexity index is 917. The number of hydrogen-bond acceptors (Lipinski definition) is 5. The minimum Gasteiger partial charge on any atom is -0.475 e. The Morgan fingerprint density at radius 3 is 2.24 bits per heavy atom. The Labute approximate surface area is 172 Å². The molecule has 0 bridgehead atoms. The first-order valence-corrected chi connectivity index (χ1v) is 11.3. The summed E-state index contributed by atoms with van der Waals surface area (Å²) in [5.74, 6) is 0.136. The van der Waals surface area contributed by atoms with Crippen molar-refractivity contribution in [1.29, 1.82) is 0 Å². The lowest BCUT2D eigenvalue weighted by molar-refractivity contribution is 0.102. The Hall–Kier alpha value is -2.45. The number of nitrogens with one attached hydrogen (secondary N) is 1. The maximum absolute atomic E-state index is 12.8. The molecule has 29 heavy (non-hydrogen) atoms. The highest BCUT2D eigenvalue weighted by Gasteiger charge is 2.25. The number of sulfonamides is 1. The first kappa shape index (κ1) is 21.3. The number of anilines is 1. The lowest BCUT2D eigenvalue weighted by Gasteiger charge is -2.20. The molecule has 2 heterocycles. The van der Waals surface area contributed by atoms with Gasteiger partial charge in [0, 0.05) is 31.0 Å². The van der Waals surface area contributed by atoms with Crippen LogP contribution < -0.4 is 10.1 Å². The van der Waals surface area contributed by atoms with Gasteiger partial charge in [0.05, 0.1) is 16.6 Å². The fourth-order valence-corrected chi connectivity index (χ4v) is 4.69. The number of amides is 1. The third-order valence-corrected chi connectivity index (χ3v) is 6.58. The third kappa shape index (κ3) is 5.55. The molecule has 0 radical (unpaired) electrons. The molecule has 1 amide bonds. The molecule has 0 atom stereocenters. The van der Waals surface area contributed by atoms with Crippen molar-refractivity contribution in [2.75, 3.05) is 18.4 Å². The second kappa shape index (κ2) is 9.37. The van der Waals surface area contributed by atoms with Crippen LogP contribution in [0.25, 0.3) is 0 Å². The Kier molecular flexibility index (Phi) is 6.87. The highest BCUT2D eigenvalue weighted by molar-refractivity contribution is 7.89. The zero-order chi connectivity index (χ0) is 20.9. The fourth-order valence-electron chi connectivity index (χ4n) is 3.17.